The van der Waals surface area contributed by atoms with Crippen molar-refractivity contribution in [2.75, 3.05) is 25.6 Å². The van der Waals surface area contributed by atoms with Crippen LogP contribution >= 0.6 is 0 Å². The average Bonchev–Trinajstić information content (AvgIpc) is 2.27. The molecule has 3 heteroatoms. The average molecular weight is 250 g/mol. The van der Waals surface area contributed by atoms with E-state index in [1.165, 1.54) is 5.69 Å². The number of methoxy groups -OCH3 is 1. The Bertz CT molecular complexity index is 376. The standard InChI is InChI=1S/C15H26N2O/c1-14(2,15(3,4)16)11-17(5)12-7-9-13(18-6)10-8-12/h7-10H,11,16H2,1-6H3. The van der Waals surface area contributed by atoms with Gasteiger partial charge in [0.15, 0.2) is 0 Å². The summed E-state index contributed by atoms with van der Waals surface area (Å²) in [5.41, 5.74) is 7.23. The predicted octanol–water partition coefficient (Wildman–Crippen LogP) is 2.89. The first kappa shape index (κ1) is 14.8. The van der Waals surface area contributed by atoms with Crippen molar-refractivity contribution in [3.8, 4) is 5.75 Å². The third-order valence-corrected chi connectivity index (χ3v) is 3.89. The maximum atomic E-state index is 6.24. The van der Waals surface area contributed by atoms with Crippen molar-refractivity contribution >= 4 is 5.69 Å². The van der Waals surface area contributed by atoms with E-state index in [9.17, 15) is 0 Å². The molecule has 18 heavy (non-hydrogen) atoms. The summed E-state index contributed by atoms with van der Waals surface area (Å²) in [5.74, 6) is 0.880. The molecule has 0 aliphatic carbocycles. The zero-order valence-corrected chi connectivity index (χ0v) is 12.4. The number of hydrogen-bond donors (Lipinski definition) is 1. The number of hydrogen-bond acceptors (Lipinski definition) is 3. The van der Waals surface area contributed by atoms with Gasteiger partial charge in [-0.25, -0.2) is 0 Å². The highest BCUT2D eigenvalue weighted by Crippen LogP contribution is 2.30. The molecule has 0 heterocycles. The Labute approximate surface area is 111 Å². The van der Waals surface area contributed by atoms with E-state index < -0.39 is 0 Å². The summed E-state index contributed by atoms with van der Waals surface area (Å²) < 4.78 is 5.17. The van der Waals surface area contributed by atoms with Crippen LogP contribution in [0.3, 0.4) is 0 Å². The summed E-state index contributed by atoms with van der Waals surface area (Å²) in [6.45, 7) is 9.46. The second-order valence-corrected chi connectivity index (χ2v) is 6.16. The van der Waals surface area contributed by atoms with Gasteiger partial charge in [0.2, 0.25) is 0 Å². The van der Waals surface area contributed by atoms with Crippen LogP contribution in [0, 0.1) is 5.41 Å². The molecule has 0 saturated heterocycles. The van der Waals surface area contributed by atoms with E-state index in [0.717, 1.165) is 12.3 Å². The molecule has 0 aliphatic rings. The fraction of sp³-hybridized carbons (Fsp3) is 0.600. The van der Waals surface area contributed by atoms with Crippen molar-refractivity contribution in [1.82, 2.24) is 0 Å². The molecule has 0 saturated carbocycles. The molecule has 0 aliphatic heterocycles. The minimum Gasteiger partial charge on any atom is -0.497 e. The fourth-order valence-corrected chi connectivity index (χ4v) is 1.72. The molecule has 0 aromatic heterocycles. The normalized spacial score (nSPS) is 12.4. The van der Waals surface area contributed by atoms with Gasteiger partial charge in [0.05, 0.1) is 7.11 Å². The Balaban J connectivity index is 2.78. The van der Waals surface area contributed by atoms with Gasteiger partial charge in [-0.05, 0) is 43.5 Å². The molecule has 1 aromatic rings. The van der Waals surface area contributed by atoms with E-state index in [0.29, 0.717) is 0 Å². The van der Waals surface area contributed by atoms with Crippen LogP contribution in [-0.2, 0) is 0 Å². The van der Waals surface area contributed by atoms with E-state index in [1.54, 1.807) is 7.11 Å². The van der Waals surface area contributed by atoms with Gasteiger partial charge in [-0.3, -0.25) is 0 Å². The summed E-state index contributed by atoms with van der Waals surface area (Å²) in [6, 6.07) is 8.09. The van der Waals surface area contributed by atoms with Gasteiger partial charge in [0, 0.05) is 24.8 Å². The van der Waals surface area contributed by atoms with Gasteiger partial charge < -0.3 is 15.4 Å². The quantitative estimate of drug-likeness (QED) is 0.873. The monoisotopic (exact) mass is 250 g/mol. The lowest BCUT2D eigenvalue weighted by molar-refractivity contribution is 0.210. The van der Waals surface area contributed by atoms with Crippen LogP contribution in [0.25, 0.3) is 0 Å². The summed E-state index contributed by atoms with van der Waals surface area (Å²) in [5, 5.41) is 0. The number of anilines is 1. The van der Waals surface area contributed by atoms with Crippen molar-refractivity contribution in [1.29, 1.82) is 0 Å². The van der Waals surface area contributed by atoms with Crippen LogP contribution in [0.1, 0.15) is 27.7 Å². The zero-order chi connectivity index (χ0) is 14.0. The lowest BCUT2D eigenvalue weighted by atomic mass is 9.75. The van der Waals surface area contributed by atoms with Gasteiger partial charge >= 0.3 is 0 Å². The second kappa shape index (κ2) is 5.19. The summed E-state index contributed by atoms with van der Waals surface area (Å²) in [7, 11) is 3.77. The van der Waals surface area contributed by atoms with E-state index >= 15 is 0 Å². The molecular formula is C15H26N2O. The highest BCUT2D eigenvalue weighted by molar-refractivity contribution is 5.48. The van der Waals surface area contributed by atoms with Gasteiger partial charge in [-0.2, -0.15) is 0 Å². The van der Waals surface area contributed by atoms with Crippen molar-refractivity contribution in [3.05, 3.63) is 24.3 Å². The Kier molecular flexibility index (Phi) is 4.28. The number of rotatable bonds is 5. The molecule has 3 nitrogen and oxygen atoms in total. The van der Waals surface area contributed by atoms with Gasteiger partial charge in [0.1, 0.15) is 5.75 Å². The first-order chi connectivity index (χ1) is 8.17. The predicted molar refractivity (Wildman–Crippen MR) is 78.3 cm³/mol. The molecule has 0 radical (unpaired) electrons. The van der Waals surface area contributed by atoms with Crippen LogP contribution in [0.4, 0.5) is 5.69 Å². The summed E-state index contributed by atoms with van der Waals surface area (Å²) in [4.78, 5) is 2.23. The molecule has 0 bridgehead atoms. The smallest absolute Gasteiger partial charge is 0.119 e. The van der Waals surface area contributed by atoms with Crippen molar-refractivity contribution in [3.63, 3.8) is 0 Å². The molecule has 0 unspecified atom stereocenters. The van der Waals surface area contributed by atoms with Crippen LogP contribution in [0.2, 0.25) is 0 Å². The maximum absolute atomic E-state index is 6.24. The summed E-state index contributed by atoms with van der Waals surface area (Å²) >= 11 is 0. The Morgan fingerprint density at radius 1 is 1.11 bits per heavy atom. The van der Waals surface area contributed by atoms with Crippen molar-refractivity contribution in [2.24, 2.45) is 11.1 Å². The fourth-order valence-electron chi connectivity index (χ4n) is 1.72. The summed E-state index contributed by atoms with van der Waals surface area (Å²) in [6.07, 6.45) is 0. The lowest BCUT2D eigenvalue weighted by Gasteiger charge is -2.41. The Morgan fingerprint density at radius 3 is 2.00 bits per heavy atom. The largest absolute Gasteiger partial charge is 0.497 e. The minimum absolute atomic E-state index is 0.0294. The number of benzene rings is 1. The van der Waals surface area contributed by atoms with E-state index in [1.807, 2.05) is 12.1 Å². The first-order valence-electron chi connectivity index (χ1n) is 6.31. The van der Waals surface area contributed by atoms with Crippen molar-refractivity contribution < 1.29 is 4.74 Å². The third-order valence-electron chi connectivity index (χ3n) is 3.89. The van der Waals surface area contributed by atoms with Crippen LogP contribution in [0.5, 0.6) is 5.75 Å². The molecule has 0 atom stereocenters. The Hall–Kier alpha value is -1.22. The van der Waals surface area contributed by atoms with Gasteiger partial charge in [0.25, 0.3) is 0 Å². The molecule has 102 valence electrons. The molecule has 0 amide bonds. The highest BCUT2D eigenvalue weighted by atomic mass is 16.5. The van der Waals surface area contributed by atoms with Crippen LogP contribution in [-0.4, -0.2) is 26.2 Å². The van der Waals surface area contributed by atoms with Gasteiger partial charge in [-0.1, -0.05) is 13.8 Å². The van der Waals surface area contributed by atoms with Crippen LogP contribution in [0.15, 0.2) is 24.3 Å². The second-order valence-electron chi connectivity index (χ2n) is 6.16. The Morgan fingerprint density at radius 2 is 1.61 bits per heavy atom. The van der Waals surface area contributed by atoms with E-state index in [2.05, 4.69) is 51.8 Å². The topological polar surface area (TPSA) is 38.5 Å². The highest BCUT2D eigenvalue weighted by Gasteiger charge is 2.34. The van der Waals surface area contributed by atoms with Crippen molar-refractivity contribution in [2.45, 2.75) is 33.2 Å². The van der Waals surface area contributed by atoms with E-state index in [-0.39, 0.29) is 11.0 Å². The number of ether oxygens (including phenoxy) is 1. The van der Waals surface area contributed by atoms with Crippen LogP contribution < -0.4 is 15.4 Å². The van der Waals surface area contributed by atoms with E-state index in [4.69, 9.17) is 10.5 Å². The first-order valence-corrected chi connectivity index (χ1v) is 6.31. The SMILES string of the molecule is COc1ccc(N(C)CC(C)(C)C(C)(C)N)cc1. The molecule has 0 fully saturated rings. The molecule has 2 N–H and O–H groups in total. The minimum atomic E-state index is -0.215. The molecular weight excluding hydrogens is 224 g/mol. The zero-order valence-electron chi connectivity index (χ0n) is 12.4. The number of nitrogens with two attached hydrogens (primary N) is 1. The molecule has 0 spiro atoms. The van der Waals surface area contributed by atoms with Gasteiger partial charge in [-0.15, -0.1) is 0 Å². The lowest BCUT2D eigenvalue weighted by Crippen LogP contribution is -2.52. The third kappa shape index (κ3) is 3.39. The number of nitrogens with zero attached hydrogens (tertiary/aromatic N) is 1. The molecule has 1 aromatic carbocycles. The maximum Gasteiger partial charge on any atom is 0.119 e. The molecule has 1 rings (SSSR count).